The van der Waals surface area contributed by atoms with Crippen molar-refractivity contribution >= 4 is 17.5 Å². The third-order valence-corrected chi connectivity index (χ3v) is 3.25. The number of hydrogen-bond acceptors (Lipinski definition) is 4. The molecule has 0 unspecified atom stereocenters. The summed E-state index contributed by atoms with van der Waals surface area (Å²) in [6, 6.07) is 18.2. The molecule has 3 aromatic rings. The fourth-order valence-electron chi connectivity index (χ4n) is 2.20. The van der Waals surface area contributed by atoms with E-state index in [0.717, 1.165) is 11.5 Å². The first kappa shape index (κ1) is 15.0. The Kier molecular flexibility index (Phi) is 4.47. The molecule has 0 fully saturated rings. The second-order valence-corrected chi connectivity index (χ2v) is 5.19. The van der Waals surface area contributed by atoms with Crippen LogP contribution in [0.3, 0.4) is 0 Å². The Morgan fingerprint density at radius 3 is 2.57 bits per heavy atom. The van der Waals surface area contributed by atoms with Gasteiger partial charge in [0.25, 0.3) is 0 Å². The zero-order chi connectivity index (χ0) is 16.1. The lowest BCUT2D eigenvalue weighted by molar-refractivity contribution is 0.628. The summed E-state index contributed by atoms with van der Waals surface area (Å²) in [5.41, 5.74) is 2.61. The molecule has 0 aliphatic heterocycles. The van der Waals surface area contributed by atoms with Crippen LogP contribution < -0.4 is 10.6 Å². The second-order valence-electron chi connectivity index (χ2n) is 5.19. The summed E-state index contributed by atoms with van der Waals surface area (Å²) in [4.78, 5) is 8.75. The highest BCUT2D eigenvalue weighted by Crippen LogP contribution is 2.17. The average Bonchev–Trinajstić information content (AvgIpc) is 2.53. The van der Waals surface area contributed by atoms with Crippen molar-refractivity contribution in [1.82, 2.24) is 9.97 Å². The average molecular weight is 308 g/mol. The number of hydrogen-bond donors (Lipinski definition) is 2. The molecular formula is C18H17FN4. The zero-order valence-corrected chi connectivity index (χ0v) is 12.8. The van der Waals surface area contributed by atoms with Crippen molar-refractivity contribution in [2.45, 2.75) is 13.5 Å². The van der Waals surface area contributed by atoms with E-state index in [1.807, 2.05) is 43.3 Å². The summed E-state index contributed by atoms with van der Waals surface area (Å²) < 4.78 is 13.2. The van der Waals surface area contributed by atoms with Gasteiger partial charge in [0.1, 0.15) is 11.6 Å². The molecule has 2 aromatic carbocycles. The molecule has 0 saturated heterocycles. The van der Waals surface area contributed by atoms with Crippen LogP contribution in [0.25, 0.3) is 0 Å². The molecule has 0 aliphatic carbocycles. The molecule has 0 spiro atoms. The van der Waals surface area contributed by atoms with E-state index >= 15 is 0 Å². The Bertz CT molecular complexity index is 790. The molecular weight excluding hydrogens is 291 g/mol. The van der Waals surface area contributed by atoms with E-state index in [1.54, 1.807) is 12.1 Å². The van der Waals surface area contributed by atoms with Crippen molar-refractivity contribution in [3.8, 4) is 0 Å². The SMILES string of the molecule is Cc1cc(NCc2ccccc2)nc(Nc2cccc(F)c2)n1. The van der Waals surface area contributed by atoms with Crippen LogP contribution in [0.4, 0.5) is 21.8 Å². The van der Waals surface area contributed by atoms with Gasteiger partial charge in [-0.05, 0) is 30.7 Å². The van der Waals surface area contributed by atoms with Gasteiger partial charge in [0.2, 0.25) is 5.95 Å². The smallest absolute Gasteiger partial charge is 0.229 e. The number of halogens is 1. The maximum Gasteiger partial charge on any atom is 0.229 e. The van der Waals surface area contributed by atoms with Gasteiger partial charge in [-0.3, -0.25) is 0 Å². The van der Waals surface area contributed by atoms with Crippen LogP contribution in [0.2, 0.25) is 0 Å². The zero-order valence-electron chi connectivity index (χ0n) is 12.8. The first-order valence-corrected chi connectivity index (χ1v) is 7.35. The van der Waals surface area contributed by atoms with Crippen LogP contribution in [0.15, 0.2) is 60.7 Å². The highest BCUT2D eigenvalue weighted by molar-refractivity contribution is 5.55. The standard InChI is InChI=1S/C18H17FN4/c1-13-10-17(20-12-14-6-3-2-4-7-14)23-18(21-13)22-16-9-5-8-15(19)11-16/h2-11H,12H2,1H3,(H2,20,21,22,23). The van der Waals surface area contributed by atoms with Crippen LogP contribution in [0, 0.1) is 12.7 Å². The predicted molar refractivity (Wildman–Crippen MR) is 90.2 cm³/mol. The Morgan fingerprint density at radius 1 is 0.957 bits per heavy atom. The number of anilines is 3. The van der Waals surface area contributed by atoms with Gasteiger partial charge in [-0.1, -0.05) is 36.4 Å². The van der Waals surface area contributed by atoms with Gasteiger partial charge in [-0.2, -0.15) is 4.98 Å². The third kappa shape index (κ3) is 4.26. The minimum atomic E-state index is -0.301. The van der Waals surface area contributed by atoms with Crippen molar-refractivity contribution < 1.29 is 4.39 Å². The predicted octanol–water partition coefficient (Wildman–Crippen LogP) is 4.28. The number of rotatable bonds is 5. The van der Waals surface area contributed by atoms with E-state index in [4.69, 9.17) is 0 Å². The largest absolute Gasteiger partial charge is 0.366 e. The Balaban J connectivity index is 1.73. The lowest BCUT2D eigenvalue weighted by Crippen LogP contribution is -2.05. The van der Waals surface area contributed by atoms with E-state index in [2.05, 4.69) is 20.6 Å². The molecule has 1 heterocycles. The van der Waals surface area contributed by atoms with E-state index in [9.17, 15) is 4.39 Å². The van der Waals surface area contributed by atoms with Gasteiger partial charge in [0.15, 0.2) is 0 Å². The molecule has 0 aliphatic rings. The van der Waals surface area contributed by atoms with Crippen molar-refractivity contribution in [1.29, 1.82) is 0 Å². The fourth-order valence-corrected chi connectivity index (χ4v) is 2.20. The monoisotopic (exact) mass is 308 g/mol. The van der Waals surface area contributed by atoms with Crippen LogP contribution in [-0.4, -0.2) is 9.97 Å². The van der Waals surface area contributed by atoms with Crippen LogP contribution in [0.1, 0.15) is 11.3 Å². The lowest BCUT2D eigenvalue weighted by Gasteiger charge is -2.10. The molecule has 2 N–H and O–H groups in total. The van der Waals surface area contributed by atoms with E-state index in [1.165, 1.54) is 17.7 Å². The van der Waals surface area contributed by atoms with Gasteiger partial charge in [-0.15, -0.1) is 0 Å². The lowest BCUT2D eigenvalue weighted by atomic mass is 10.2. The summed E-state index contributed by atoms with van der Waals surface area (Å²) in [5.74, 6) is 0.858. The van der Waals surface area contributed by atoms with Crippen LogP contribution in [0.5, 0.6) is 0 Å². The molecule has 0 radical (unpaired) electrons. The molecule has 3 rings (SSSR count). The van der Waals surface area contributed by atoms with Crippen LogP contribution >= 0.6 is 0 Å². The molecule has 0 bridgehead atoms. The van der Waals surface area contributed by atoms with Gasteiger partial charge in [0, 0.05) is 24.0 Å². The minimum Gasteiger partial charge on any atom is -0.366 e. The summed E-state index contributed by atoms with van der Waals surface area (Å²) in [6.45, 7) is 2.57. The summed E-state index contributed by atoms with van der Waals surface area (Å²) in [5, 5.41) is 6.30. The quantitative estimate of drug-likeness (QED) is 0.738. The summed E-state index contributed by atoms with van der Waals surface area (Å²) >= 11 is 0. The second kappa shape index (κ2) is 6.87. The maximum atomic E-state index is 13.2. The van der Waals surface area contributed by atoms with Gasteiger partial charge in [0.05, 0.1) is 0 Å². The molecule has 1 aromatic heterocycles. The number of nitrogens with one attached hydrogen (secondary N) is 2. The highest BCUT2D eigenvalue weighted by atomic mass is 19.1. The molecule has 5 heteroatoms. The number of benzene rings is 2. The highest BCUT2D eigenvalue weighted by Gasteiger charge is 2.04. The molecule has 23 heavy (non-hydrogen) atoms. The first-order chi connectivity index (χ1) is 11.2. The number of nitrogens with zero attached hydrogens (tertiary/aromatic N) is 2. The maximum absolute atomic E-state index is 13.2. The molecule has 0 atom stereocenters. The Hall–Kier alpha value is -2.95. The Morgan fingerprint density at radius 2 is 1.78 bits per heavy atom. The molecule has 0 saturated carbocycles. The van der Waals surface area contributed by atoms with Gasteiger partial charge >= 0.3 is 0 Å². The van der Waals surface area contributed by atoms with Crippen molar-refractivity contribution in [3.05, 3.63) is 77.7 Å². The topological polar surface area (TPSA) is 49.8 Å². The van der Waals surface area contributed by atoms with Crippen molar-refractivity contribution in [2.75, 3.05) is 10.6 Å². The van der Waals surface area contributed by atoms with E-state index < -0.39 is 0 Å². The van der Waals surface area contributed by atoms with Crippen molar-refractivity contribution in [3.63, 3.8) is 0 Å². The normalized spacial score (nSPS) is 10.3. The summed E-state index contributed by atoms with van der Waals surface area (Å²) in [7, 11) is 0. The fraction of sp³-hybridized carbons (Fsp3) is 0.111. The Labute approximate surface area is 134 Å². The minimum absolute atomic E-state index is 0.301. The first-order valence-electron chi connectivity index (χ1n) is 7.35. The molecule has 4 nitrogen and oxygen atoms in total. The van der Waals surface area contributed by atoms with E-state index in [0.29, 0.717) is 18.2 Å². The van der Waals surface area contributed by atoms with Gasteiger partial charge < -0.3 is 10.6 Å². The molecule has 0 amide bonds. The van der Waals surface area contributed by atoms with Crippen molar-refractivity contribution in [2.24, 2.45) is 0 Å². The number of aryl methyl sites for hydroxylation is 1. The molecule has 116 valence electrons. The van der Waals surface area contributed by atoms with Crippen LogP contribution in [-0.2, 0) is 6.54 Å². The third-order valence-electron chi connectivity index (χ3n) is 3.25. The number of aromatic nitrogens is 2. The van der Waals surface area contributed by atoms with E-state index in [-0.39, 0.29) is 5.82 Å². The summed E-state index contributed by atoms with van der Waals surface area (Å²) in [6.07, 6.45) is 0. The van der Waals surface area contributed by atoms with Gasteiger partial charge in [-0.25, -0.2) is 9.37 Å².